The molecule has 3 rings (SSSR count). The molecule has 0 aliphatic carbocycles. The van der Waals surface area contributed by atoms with Crippen molar-refractivity contribution >= 4 is 29.2 Å². The van der Waals surface area contributed by atoms with Gasteiger partial charge in [-0.05, 0) is 49.5 Å². The molecule has 2 aromatic rings. The summed E-state index contributed by atoms with van der Waals surface area (Å²) in [7, 11) is 0. The highest BCUT2D eigenvalue weighted by Gasteiger charge is 2.20. The lowest BCUT2D eigenvalue weighted by molar-refractivity contribution is 0.766. The smallest absolute Gasteiger partial charge is 0.133 e. The summed E-state index contributed by atoms with van der Waals surface area (Å²) in [4.78, 5) is 0. The van der Waals surface area contributed by atoms with Gasteiger partial charge >= 0.3 is 0 Å². The largest absolute Gasteiger partial charge is 0.370 e. The molecule has 1 aliphatic heterocycles. The maximum Gasteiger partial charge on any atom is 0.133 e. The van der Waals surface area contributed by atoms with E-state index in [-0.39, 0.29) is 0 Å². The number of thioether (sulfide) groups is 1. The van der Waals surface area contributed by atoms with Crippen molar-refractivity contribution in [3.8, 4) is 5.69 Å². The Hall–Kier alpha value is -1.13. The molecular weight excluding hydrogens is 302 g/mol. The third-order valence-electron chi connectivity index (χ3n) is 3.81. The number of aromatic nitrogens is 2. The van der Waals surface area contributed by atoms with Crippen LogP contribution in [0.25, 0.3) is 5.69 Å². The van der Waals surface area contributed by atoms with Crippen LogP contribution in [0, 0.1) is 0 Å². The third-order valence-corrected chi connectivity index (χ3v) is 4.66. The van der Waals surface area contributed by atoms with Gasteiger partial charge < -0.3 is 5.32 Å². The molecule has 1 aromatic carbocycles. The van der Waals surface area contributed by atoms with Crippen molar-refractivity contribution in [2.75, 3.05) is 23.9 Å². The molecular formula is C16H20ClN3S. The second-order valence-corrected chi connectivity index (χ2v) is 6.71. The number of hydrogen-bond acceptors (Lipinski definition) is 3. The van der Waals surface area contributed by atoms with E-state index in [9.17, 15) is 0 Å². The highest BCUT2D eigenvalue weighted by atomic mass is 35.5. The van der Waals surface area contributed by atoms with E-state index in [0.717, 1.165) is 41.7 Å². The van der Waals surface area contributed by atoms with Crippen LogP contribution in [0.4, 0.5) is 5.82 Å². The minimum atomic E-state index is 0.746. The van der Waals surface area contributed by atoms with Crippen molar-refractivity contribution < 1.29 is 0 Å². The lowest BCUT2D eigenvalue weighted by Gasteiger charge is -2.09. The average Bonchev–Trinajstić information content (AvgIpc) is 2.67. The Morgan fingerprint density at radius 2 is 2.29 bits per heavy atom. The topological polar surface area (TPSA) is 29.9 Å². The minimum absolute atomic E-state index is 0.746. The Morgan fingerprint density at radius 1 is 1.38 bits per heavy atom. The van der Waals surface area contributed by atoms with Crippen molar-refractivity contribution in [3.63, 3.8) is 0 Å². The molecule has 0 atom stereocenters. The zero-order valence-corrected chi connectivity index (χ0v) is 13.8. The molecule has 0 unspecified atom stereocenters. The number of nitrogens with zero attached hydrogens (tertiary/aromatic N) is 2. The van der Waals surface area contributed by atoms with Crippen molar-refractivity contribution in [1.29, 1.82) is 0 Å². The van der Waals surface area contributed by atoms with E-state index in [1.165, 1.54) is 24.1 Å². The van der Waals surface area contributed by atoms with Crippen LogP contribution in [0.2, 0.25) is 5.02 Å². The predicted octanol–water partition coefficient (Wildman–Crippen LogP) is 4.18. The van der Waals surface area contributed by atoms with E-state index >= 15 is 0 Å². The van der Waals surface area contributed by atoms with Crippen LogP contribution in [-0.4, -0.2) is 28.3 Å². The molecule has 0 bridgehead atoms. The molecule has 3 nitrogen and oxygen atoms in total. The van der Waals surface area contributed by atoms with Gasteiger partial charge in [-0.25, -0.2) is 4.68 Å². The molecule has 1 aromatic heterocycles. The molecule has 0 saturated carbocycles. The SMILES string of the molecule is CSCCc1nn(-c2cccc(Cl)c2)c2c1CCCCN2. The molecule has 0 amide bonds. The van der Waals surface area contributed by atoms with Crippen LogP contribution in [0.1, 0.15) is 24.1 Å². The fraction of sp³-hybridized carbons (Fsp3) is 0.438. The molecule has 2 heterocycles. The van der Waals surface area contributed by atoms with Crippen molar-refractivity contribution in [1.82, 2.24) is 9.78 Å². The van der Waals surface area contributed by atoms with Gasteiger partial charge in [0.05, 0.1) is 11.4 Å². The Morgan fingerprint density at radius 3 is 3.10 bits per heavy atom. The number of aryl methyl sites for hydroxylation is 1. The summed E-state index contributed by atoms with van der Waals surface area (Å²) in [6.07, 6.45) is 6.73. The summed E-state index contributed by atoms with van der Waals surface area (Å²) in [5.41, 5.74) is 3.65. The first-order valence-corrected chi connectivity index (χ1v) is 9.16. The maximum atomic E-state index is 6.14. The lowest BCUT2D eigenvalue weighted by Crippen LogP contribution is -2.07. The van der Waals surface area contributed by atoms with Gasteiger partial charge in [-0.3, -0.25) is 0 Å². The Bertz CT molecular complexity index is 624. The van der Waals surface area contributed by atoms with E-state index in [2.05, 4.69) is 17.6 Å². The standard InChI is InChI=1S/C16H20ClN3S/c1-21-10-8-15-14-7-2-3-9-18-16(14)20(19-15)13-6-4-5-12(17)11-13/h4-6,11,18H,2-3,7-10H2,1H3. The van der Waals surface area contributed by atoms with Gasteiger partial charge in [0.15, 0.2) is 0 Å². The summed E-state index contributed by atoms with van der Waals surface area (Å²) in [5.74, 6) is 2.27. The first kappa shape index (κ1) is 14.8. The molecule has 0 radical (unpaired) electrons. The van der Waals surface area contributed by atoms with E-state index in [0.29, 0.717) is 0 Å². The molecule has 0 fully saturated rings. The third kappa shape index (κ3) is 3.22. The quantitative estimate of drug-likeness (QED) is 0.916. The number of nitrogens with one attached hydrogen (secondary N) is 1. The Kier molecular flexibility index (Phi) is 4.76. The first-order chi connectivity index (χ1) is 10.3. The number of rotatable bonds is 4. The van der Waals surface area contributed by atoms with Gasteiger partial charge in [-0.15, -0.1) is 0 Å². The fourth-order valence-corrected chi connectivity index (χ4v) is 3.35. The monoisotopic (exact) mass is 321 g/mol. The second kappa shape index (κ2) is 6.75. The fourth-order valence-electron chi connectivity index (χ4n) is 2.77. The first-order valence-electron chi connectivity index (χ1n) is 7.39. The van der Waals surface area contributed by atoms with E-state index in [1.807, 2.05) is 34.6 Å². The molecule has 0 spiro atoms. The number of benzene rings is 1. The average molecular weight is 322 g/mol. The summed E-state index contributed by atoms with van der Waals surface area (Å²) in [6.45, 7) is 1.02. The van der Waals surface area contributed by atoms with Gasteiger partial charge in [0.2, 0.25) is 0 Å². The van der Waals surface area contributed by atoms with Crippen molar-refractivity contribution in [3.05, 3.63) is 40.5 Å². The Labute approximate surface area is 135 Å². The zero-order valence-electron chi connectivity index (χ0n) is 12.2. The maximum absolute atomic E-state index is 6.14. The van der Waals surface area contributed by atoms with Gasteiger partial charge in [0, 0.05) is 23.6 Å². The molecule has 1 N–H and O–H groups in total. The zero-order chi connectivity index (χ0) is 14.7. The minimum Gasteiger partial charge on any atom is -0.370 e. The van der Waals surface area contributed by atoms with Gasteiger partial charge in [-0.1, -0.05) is 17.7 Å². The van der Waals surface area contributed by atoms with Crippen LogP contribution in [0.3, 0.4) is 0 Å². The molecule has 21 heavy (non-hydrogen) atoms. The molecule has 0 saturated heterocycles. The number of halogens is 1. The van der Waals surface area contributed by atoms with Crippen molar-refractivity contribution in [2.45, 2.75) is 25.7 Å². The van der Waals surface area contributed by atoms with Crippen LogP contribution in [0.5, 0.6) is 0 Å². The second-order valence-electron chi connectivity index (χ2n) is 5.29. The highest BCUT2D eigenvalue weighted by Crippen LogP contribution is 2.29. The van der Waals surface area contributed by atoms with Gasteiger partial charge in [0.1, 0.15) is 5.82 Å². The normalized spacial score (nSPS) is 14.4. The molecule has 112 valence electrons. The van der Waals surface area contributed by atoms with E-state index in [1.54, 1.807) is 0 Å². The van der Waals surface area contributed by atoms with Crippen LogP contribution >= 0.6 is 23.4 Å². The van der Waals surface area contributed by atoms with Crippen LogP contribution in [0.15, 0.2) is 24.3 Å². The molecule has 1 aliphatic rings. The molecule has 5 heteroatoms. The Balaban J connectivity index is 2.05. The van der Waals surface area contributed by atoms with Crippen LogP contribution in [-0.2, 0) is 12.8 Å². The van der Waals surface area contributed by atoms with Gasteiger partial charge in [-0.2, -0.15) is 16.9 Å². The van der Waals surface area contributed by atoms with Gasteiger partial charge in [0.25, 0.3) is 0 Å². The number of fused-ring (bicyclic) bond motifs is 1. The lowest BCUT2D eigenvalue weighted by atomic mass is 10.1. The summed E-state index contributed by atoms with van der Waals surface area (Å²) in [6, 6.07) is 7.91. The summed E-state index contributed by atoms with van der Waals surface area (Å²) in [5, 5.41) is 9.17. The van der Waals surface area contributed by atoms with Crippen molar-refractivity contribution in [2.24, 2.45) is 0 Å². The van der Waals surface area contributed by atoms with E-state index in [4.69, 9.17) is 16.7 Å². The predicted molar refractivity (Wildman–Crippen MR) is 92.1 cm³/mol. The number of hydrogen-bond donors (Lipinski definition) is 1. The van der Waals surface area contributed by atoms with Crippen LogP contribution < -0.4 is 5.32 Å². The highest BCUT2D eigenvalue weighted by molar-refractivity contribution is 7.98. The summed E-state index contributed by atoms with van der Waals surface area (Å²) >= 11 is 8.00. The van der Waals surface area contributed by atoms with E-state index < -0.39 is 0 Å². The number of anilines is 1. The summed E-state index contributed by atoms with van der Waals surface area (Å²) < 4.78 is 2.03.